The summed E-state index contributed by atoms with van der Waals surface area (Å²) in [6.45, 7) is 2.19. The van der Waals surface area contributed by atoms with Crippen molar-refractivity contribution in [1.82, 2.24) is 0 Å². The normalized spacial score (nSPS) is 52.4. The molecule has 2 unspecified atom stereocenters. The Morgan fingerprint density at radius 2 is 2.00 bits per heavy atom. The number of aliphatic hydroxyl groups is 3. The Bertz CT molecular complexity index is 556. The Hall–Kier alpha value is -0.710. The van der Waals surface area contributed by atoms with Gasteiger partial charge in [0, 0.05) is 10.8 Å². The molecule has 0 aromatic heterocycles. The predicted octanol–water partition coefficient (Wildman–Crippen LogP) is 1.82. The molecular formula is C19H28O4. The fraction of sp³-hybridized carbons (Fsp3) is 0.842. The van der Waals surface area contributed by atoms with Gasteiger partial charge in [-0.05, 0) is 62.7 Å². The summed E-state index contributed by atoms with van der Waals surface area (Å²) in [4.78, 5) is 12.5. The van der Waals surface area contributed by atoms with Crippen LogP contribution in [-0.2, 0) is 4.79 Å². The van der Waals surface area contributed by atoms with E-state index in [9.17, 15) is 20.1 Å². The van der Waals surface area contributed by atoms with Gasteiger partial charge in [-0.1, -0.05) is 18.6 Å². The molecule has 0 aliphatic heterocycles. The molecule has 4 rings (SSSR count). The first-order chi connectivity index (χ1) is 10.9. The van der Waals surface area contributed by atoms with E-state index in [4.69, 9.17) is 0 Å². The molecule has 7 atom stereocenters. The van der Waals surface area contributed by atoms with E-state index in [0.29, 0.717) is 24.7 Å². The van der Waals surface area contributed by atoms with Crippen LogP contribution in [0.4, 0.5) is 0 Å². The molecule has 3 N–H and O–H groups in total. The summed E-state index contributed by atoms with van der Waals surface area (Å²) in [6, 6.07) is 0. The highest BCUT2D eigenvalue weighted by Gasteiger charge is 2.61. The summed E-state index contributed by atoms with van der Waals surface area (Å²) in [6.07, 6.45) is 6.74. The van der Waals surface area contributed by atoms with Crippen molar-refractivity contribution >= 4 is 5.78 Å². The van der Waals surface area contributed by atoms with Crippen LogP contribution in [-0.4, -0.2) is 39.9 Å². The van der Waals surface area contributed by atoms with Crippen LogP contribution in [0.3, 0.4) is 0 Å². The molecule has 0 aromatic rings. The molecule has 128 valence electrons. The highest BCUT2D eigenvalue weighted by molar-refractivity contribution is 5.91. The summed E-state index contributed by atoms with van der Waals surface area (Å²) >= 11 is 0. The van der Waals surface area contributed by atoms with Crippen molar-refractivity contribution in [3.63, 3.8) is 0 Å². The predicted molar refractivity (Wildman–Crippen MR) is 85.5 cm³/mol. The lowest BCUT2D eigenvalue weighted by Crippen LogP contribution is -2.53. The number of ketones is 1. The van der Waals surface area contributed by atoms with Gasteiger partial charge in [-0.25, -0.2) is 0 Å². The van der Waals surface area contributed by atoms with Crippen molar-refractivity contribution in [3.8, 4) is 0 Å². The number of hydrogen-bond acceptors (Lipinski definition) is 4. The van der Waals surface area contributed by atoms with Crippen molar-refractivity contribution < 1.29 is 20.1 Å². The zero-order valence-corrected chi connectivity index (χ0v) is 13.9. The zero-order chi connectivity index (χ0) is 16.4. The zero-order valence-electron chi connectivity index (χ0n) is 13.9. The lowest BCUT2D eigenvalue weighted by atomic mass is 9.47. The van der Waals surface area contributed by atoms with E-state index in [0.717, 1.165) is 32.1 Å². The molecule has 0 saturated heterocycles. The fourth-order valence-electron chi connectivity index (χ4n) is 6.52. The highest BCUT2D eigenvalue weighted by atomic mass is 16.3. The third-order valence-electron chi connectivity index (χ3n) is 7.82. The Morgan fingerprint density at radius 1 is 1.22 bits per heavy atom. The average Bonchev–Trinajstić information content (AvgIpc) is 2.78. The Kier molecular flexibility index (Phi) is 3.53. The summed E-state index contributed by atoms with van der Waals surface area (Å²) in [5, 5.41) is 30.4. The van der Waals surface area contributed by atoms with Gasteiger partial charge in [-0.15, -0.1) is 0 Å². The molecular weight excluding hydrogens is 292 g/mol. The van der Waals surface area contributed by atoms with Crippen LogP contribution in [0.1, 0.15) is 51.9 Å². The van der Waals surface area contributed by atoms with Gasteiger partial charge in [0.2, 0.25) is 0 Å². The number of Topliss-reactive ketones (excluding diaryl/α,β-unsaturated/α-hetero) is 1. The quantitative estimate of drug-likeness (QED) is 0.644. The summed E-state index contributed by atoms with van der Waals surface area (Å²) in [5.74, 6) is 1.03. The van der Waals surface area contributed by atoms with Crippen LogP contribution >= 0.6 is 0 Å². The minimum atomic E-state index is -0.799. The maximum atomic E-state index is 12.5. The average molecular weight is 320 g/mol. The van der Waals surface area contributed by atoms with Gasteiger partial charge >= 0.3 is 0 Å². The first-order valence-corrected chi connectivity index (χ1v) is 9.13. The van der Waals surface area contributed by atoms with E-state index >= 15 is 0 Å². The second kappa shape index (κ2) is 5.14. The molecule has 4 heteroatoms. The Labute approximate surface area is 137 Å². The van der Waals surface area contributed by atoms with Crippen molar-refractivity contribution in [1.29, 1.82) is 0 Å². The first kappa shape index (κ1) is 15.8. The largest absolute Gasteiger partial charge is 0.395 e. The summed E-state index contributed by atoms with van der Waals surface area (Å²) in [5.41, 5.74) is 0.671. The van der Waals surface area contributed by atoms with Crippen LogP contribution in [0.5, 0.6) is 0 Å². The Balaban J connectivity index is 1.72. The minimum absolute atomic E-state index is 0.0350. The van der Waals surface area contributed by atoms with Gasteiger partial charge in [0.1, 0.15) is 6.10 Å². The molecule has 0 heterocycles. The van der Waals surface area contributed by atoms with Crippen LogP contribution < -0.4 is 0 Å². The fourth-order valence-corrected chi connectivity index (χ4v) is 6.52. The molecule has 0 bridgehead atoms. The minimum Gasteiger partial charge on any atom is -0.395 e. The maximum Gasteiger partial charge on any atom is 0.167 e. The standard InChI is InChI=1S/C19H28O4/c1-18-6-5-14-13(15(18)9-16(22)17(18)23)3-2-11-8-12(21)4-7-19(11,14)10-20/h2,12-16,20-22H,3-10H2,1H3/t12?,13-,14-,15+,16?,18+,19-/m1/s1. The molecule has 4 aliphatic rings. The van der Waals surface area contributed by atoms with E-state index in [2.05, 4.69) is 6.08 Å². The van der Waals surface area contributed by atoms with E-state index < -0.39 is 6.10 Å². The highest BCUT2D eigenvalue weighted by Crippen LogP contribution is 2.63. The Morgan fingerprint density at radius 3 is 2.74 bits per heavy atom. The van der Waals surface area contributed by atoms with E-state index in [-0.39, 0.29) is 35.2 Å². The number of aliphatic hydroxyl groups excluding tert-OH is 3. The van der Waals surface area contributed by atoms with Crippen LogP contribution in [0.15, 0.2) is 11.6 Å². The van der Waals surface area contributed by atoms with Gasteiger partial charge in [0.25, 0.3) is 0 Å². The molecule has 3 saturated carbocycles. The van der Waals surface area contributed by atoms with Gasteiger partial charge in [-0.3, -0.25) is 4.79 Å². The van der Waals surface area contributed by atoms with Crippen molar-refractivity contribution in [2.45, 2.75) is 64.1 Å². The third-order valence-corrected chi connectivity index (χ3v) is 7.82. The van der Waals surface area contributed by atoms with E-state index in [1.54, 1.807) is 0 Å². The number of carbonyl (C=O) groups is 1. The van der Waals surface area contributed by atoms with E-state index in [1.165, 1.54) is 5.57 Å². The summed E-state index contributed by atoms with van der Waals surface area (Å²) in [7, 11) is 0. The molecule has 0 aromatic carbocycles. The van der Waals surface area contributed by atoms with Crippen molar-refractivity contribution in [2.24, 2.45) is 28.6 Å². The molecule has 0 amide bonds. The molecule has 23 heavy (non-hydrogen) atoms. The molecule has 4 aliphatic carbocycles. The molecule has 3 fully saturated rings. The molecule has 0 radical (unpaired) electrons. The number of allylic oxidation sites excluding steroid dienone is 1. The van der Waals surface area contributed by atoms with E-state index in [1.807, 2.05) is 6.92 Å². The SMILES string of the molecule is C[C@]12CC[C@@H]3[C@@H](CC=C4CC(O)CC[C@@]43CO)[C@@H]1CC(O)C2=O. The van der Waals surface area contributed by atoms with Crippen LogP contribution in [0, 0.1) is 28.6 Å². The number of fused-ring (bicyclic) bond motifs is 5. The number of hydrogen-bond donors (Lipinski definition) is 3. The first-order valence-electron chi connectivity index (χ1n) is 9.13. The van der Waals surface area contributed by atoms with Crippen LogP contribution in [0.25, 0.3) is 0 Å². The lowest BCUT2D eigenvalue weighted by molar-refractivity contribution is -0.137. The second-order valence-electron chi connectivity index (χ2n) is 8.62. The summed E-state index contributed by atoms with van der Waals surface area (Å²) < 4.78 is 0. The molecule has 4 nitrogen and oxygen atoms in total. The number of carbonyl (C=O) groups excluding carboxylic acids is 1. The topological polar surface area (TPSA) is 77.8 Å². The molecule has 0 spiro atoms. The third kappa shape index (κ3) is 1.98. The van der Waals surface area contributed by atoms with Crippen LogP contribution in [0.2, 0.25) is 0 Å². The lowest BCUT2D eigenvalue weighted by Gasteiger charge is -2.57. The maximum absolute atomic E-state index is 12.5. The smallest absolute Gasteiger partial charge is 0.167 e. The van der Waals surface area contributed by atoms with Crippen molar-refractivity contribution in [3.05, 3.63) is 11.6 Å². The second-order valence-corrected chi connectivity index (χ2v) is 8.62. The number of rotatable bonds is 1. The van der Waals surface area contributed by atoms with Gasteiger partial charge in [-0.2, -0.15) is 0 Å². The van der Waals surface area contributed by atoms with Crippen molar-refractivity contribution in [2.75, 3.05) is 6.61 Å². The van der Waals surface area contributed by atoms with Gasteiger partial charge in [0.05, 0.1) is 12.7 Å². The monoisotopic (exact) mass is 320 g/mol. The van der Waals surface area contributed by atoms with Gasteiger partial charge in [0.15, 0.2) is 5.78 Å². The van der Waals surface area contributed by atoms with Gasteiger partial charge < -0.3 is 15.3 Å².